The molecule has 1 saturated heterocycles. The van der Waals surface area contributed by atoms with Crippen molar-refractivity contribution < 1.29 is 13.2 Å². The number of sulfonamides is 1. The van der Waals surface area contributed by atoms with Gasteiger partial charge in [-0.1, -0.05) is 29.8 Å². The second-order valence-corrected chi connectivity index (χ2v) is 8.10. The third-order valence-electron chi connectivity index (χ3n) is 3.82. The average Bonchev–Trinajstić information content (AvgIpc) is 2.40. The molecule has 0 spiro atoms. The summed E-state index contributed by atoms with van der Waals surface area (Å²) in [5.41, 5.74) is 2.38. The SMILES string of the molecule is Cc1ccc(C[C@@H]2COCC[C@H]2S(=O)(=O)NC(C)C)cc1. The van der Waals surface area contributed by atoms with Crippen molar-refractivity contribution in [3.63, 3.8) is 0 Å². The van der Waals surface area contributed by atoms with Gasteiger partial charge in [0, 0.05) is 18.6 Å². The first-order valence-electron chi connectivity index (χ1n) is 7.53. The molecule has 1 aromatic carbocycles. The minimum absolute atomic E-state index is 0.0118. The molecule has 0 aromatic heterocycles. The minimum atomic E-state index is -3.29. The first-order valence-corrected chi connectivity index (χ1v) is 9.07. The summed E-state index contributed by atoms with van der Waals surface area (Å²) < 4.78 is 33.2. The van der Waals surface area contributed by atoms with Gasteiger partial charge in [-0.05, 0) is 39.2 Å². The van der Waals surface area contributed by atoms with Gasteiger partial charge in [0.15, 0.2) is 0 Å². The smallest absolute Gasteiger partial charge is 0.215 e. The highest BCUT2D eigenvalue weighted by molar-refractivity contribution is 7.90. The van der Waals surface area contributed by atoms with Gasteiger partial charge in [0.25, 0.3) is 0 Å². The predicted octanol–water partition coefficient (Wildman–Crippen LogP) is 2.27. The van der Waals surface area contributed by atoms with Crippen LogP contribution in [0.4, 0.5) is 0 Å². The first kappa shape index (κ1) is 16.5. The van der Waals surface area contributed by atoms with Gasteiger partial charge < -0.3 is 4.74 Å². The molecule has 1 N–H and O–H groups in total. The van der Waals surface area contributed by atoms with Gasteiger partial charge in [-0.3, -0.25) is 0 Å². The molecule has 2 rings (SSSR count). The molecule has 0 aliphatic carbocycles. The van der Waals surface area contributed by atoms with Crippen LogP contribution in [0, 0.1) is 12.8 Å². The van der Waals surface area contributed by atoms with E-state index in [-0.39, 0.29) is 17.2 Å². The van der Waals surface area contributed by atoms with Crippen molar-refractivity contribution in [3.8, 4) is 0 Å². The Morgan fingerprint density at radius 3 is 2.57 bits per heavy atom. The zero-order valence-electron chi connectivity index (χ0n) is 13.0. The van der Waals surface area contributed by atoms with Crippen molar-refractivity contribution in [1.29, 1.82) is 0 Å². The van der Waals surface area contributed by atoms with E-state index in [1.54, 1.807) is 0 Å². The van der Waals surface area contributed by atoms with Crippen molar-refractivity contribution in [1.82, 2.24) is 4.72 Å². The highest BCUT2D eigenvalue weighted by Gasteiger charge is 2.36. The topological polar surface area (TPSA) is 55.4 Å². The van der Waals surface area contributed by atoms with Crippen LogP contribution in [0.2, 0.25) is 0 Å². The maximum atomic E-state index is 12.5. The number of rotatable bonds is 5. The van der Waals surface area contributed by atoms with Gasteiger partial charge >= 0.3 is 0 Å². The van der Waals surface area contributed by atoms with Crippen LogP contribution in [0.15, 0.2) is 24.3 Å². The fourth-order valence-corrected chi connectivity index (χ4v) is 4.74. The number of hydrogen-bond donors (Lipinski definition) is 1. The Balaban J connectivity index is 2.13. The van der Waals surface area contributed by atoms with Crippen molar-refractivity contribution >= 4 is 10.0 Å². The van der Waals surface area contributed by atoms with Crippen LogP contribution >= 0.6 is 0 Å². The van der Waals surface area contributed by atoms with E-state index in [2.05, 4.69) is 29.0 Å². The number of nitrogens with one attached hydrogen (secondary N) is 1. The molecule has 1 fully saturated rings. The standard InChI is InChI=1S/C16H25NO3S/c1-12(2)17-21(18,19)16-8-9-20-11-15(16)10-14-6-4-13(3)5-7-14/h4-7,12,15-17H,8-11H2,1-3H3/t15-,16-/m1/s1. The third kappa shape index (κ3) is 4.53. The Hall–Kier alpha value is -0.910. The van der Waals surface area contributed by atoms with Crippen LogP contribution in [-0.2, 0) is 21.2 Å². The molecule has 4 nitrogen and oxygen atoms in total. The second-order valence-electron chi connectivity index (χ2n) is 6.17. The molecule has 21 heavy (non-hydrogen) atoms. The maximum absolute atomic E-state index is 12.5. The largest absolute Gasteiger partial charge is 0.381 e. The van der Waals surface area contributed by atoms with Crippen molar-refractivity contribution in [3.05, 3.63) is 35.4 Å². The molecule has 2 atom stereocenters. The summed E-state index contributed by atoms with van der Waals surface area (Å²) in [6, 6.07) is 8.20. The van der Waals surface area contributed by atoms with E-state index in [9.17, 15) is 8.42 Å². The predicted molar refractivity (Wildman–Crippen MR) is 84.8 cm³/mol. The van der Waals surface area contributed by atoms with Crippen LogP contribution in [0.3, 0.4) is 0 Å². The van der Waals surface area contributed by atoms with Crippen molar-refractivity contribution in [2.75, 3.05) is 13.2 Å². The van der Waals surface area contributed by atoms with Gasteiger partial charge in [0.05, 0.1) is 11.9 Å². The van der Waals surface area contributed by atoms with Gasteiger partial charge in [-0.15, -0.1) is 0 Å². The molecule has 0 saturated carbocycles. The summed E-state index contributed by atoms with van der Waals surface area (Å²) in [5.74, 6) is 0.0118. The molecule has 0 unspecified atom stereocenters. The lowest BCUT2D eigenvalue weighted by Gasteiger charge is -2.32. The van der Waals surface area contributed by atoms with E-state index >= 15 is 0 Å². The summed E-state index contributed by atoms with van der Waals surface area (Å²) >= 11 is 0. The normalized spacial score (nSPS) is 23.4. The fraction of sp³-hybridized carbons (Fsp3) is 0.625. The zero-order valence-corrected chi connectivity index (χ0v) is 13.8. The maximum Gasteiger partial charge on any atom is 0.215 e. The summed E-state index contributed by atoms with van der Waals surface area (Å²) in [4.78, 5) is 0. The number of aryl methyl sites for hydroxylation is 1. The van der Waals surface area contributed by atoms with E-state index in [1.807, 2.05) is 20.8 Å². The van der Waals surface area contributed by atoms with E-state index in [0.717, 1.165) is 6.42 Å². The summed E-state index contributed by atoms with van der Waals surface area (Å²) in [7, 11) is -3.29. The molecule has 1 heterocycles. The lowest BCUT2D eigenvalue weighted by atomic mass is 9.93. The minimum Gasteiger partial charge on any atom is -0.381 e. The first-order chi connectivity index (χ1) is 9.88. The molecular formula is C16H25NO3S. The zero-order chi connectivity index (χ0) is 15.5. The van der Waals surface area contributed by atoms with Crippen LogP contribution in [0.25, 0.3) is 0 Å². The summed E-state index contributed by atoms with van der Waals surface area (Å²) in [6.07, 6.45) is 1.31. The van der Waals surface area contributed by atoms with E-state index in [4.69, 9.17) is 4.74 Å². The molecule has 0 bridgehead atoms. The highest BCUT2D eigenvalue weighted by atomic mass is 32.2. The molecule has 5 heteroatoms. The Kier molecular flexibility index (Phi) is 5.41. The second kappa shape index (κ2) is 6.90. The van der Waals surface area contributed by atoms with Crippen LogP contribution in [-0.4, -0.2) is 32.9 Å². The molecule has 1 aliphatic heterocycles. The lowest BCUT2D eigenvalue weighted by Crippen LogP contribution is -2.46. The van der Waals surface area contributed by atoms with Crippen molar-refractivity contribution in [2.24, 2.45) is 5.92 Å². The van der Waals surface area contributed by atoms with Gasteiger partial charge in [-0.25, -0.2) is 13.1 Å². The molecule has 118 valence electrons. The molecular weight excluding hydrogens is 286 g/mol. The average molecular weight is 311 g/mol. The van der Waals surface area contributed by atoms with Gasteiger partial charge in [0.1, 0.15) is 0 Å². The van der Waals surface area contributed by atoms with E-state index in [0.29, 0.717) is 19.6 Å². The number of ether oxygens (including phenoxy) is 1. The van der Waals surface area contributed by atoms with Crippen LogP contribution in [0.1, 0.15) is 31.4 Å². The monoisotopic (exact) mass is 311 g/mol. The number of hydrogen-bond acceptors (Lipinski definition) is 3. The van der Waals surface area contributed by atoms with E-state index < -0.39 is 10.0 Å². The molecule has 1 aromatic rings. The van der Waals surface area contributed by atoms with E-state index in [1.165, 1.54) is 11.1 Å². The Labute approximate surface area is 127 Å². The third-order valence-corrected chi connectivity index (χ3v) is 6.04. The summed E-state index contributed by atoms with van der Waals surface area (Å²) in [5, 5.41) is -0.366. The fourth-order valence-electron chi connectivity index (χ4n) is 2.82. The van der Waals surface area contributed by atoms with Gasteiger partial charge in [-0.2, -0.15) is 0 Å². The Morgan fingerprint density at radius 1 is 1.29 bits per heavy atom. The Morgan fingerprint density at radius 2 is 1.95 bits per heavy atom. The highest BCUT2D eigenvalue weighted by Crippen LogP contribution is 2.25. The number of benzene rings is 1. The van der Waals surface area contributed by atoms with Crippen LogP contribution < -0.4 is 4.72 Å². The van der Waals surface area contributed by atoms with Gasteiger partial charge in [0.2, 0.25) is 10.0 Å². The molecule has 0 amide bonds. The molecule has 1 aliphatic rings. The van der Waals surface area contributed by atoms with Crippen molar-refractivity contribution in [2.45, 2.75) is 44.9 Å². The quantitative estimate of drug-likeness (QED) is 0.907. The Bertz CT molecular complexity index is 551. The lowest BCUT2D eigenvalue weighted by molar-refractivity contribution is 0.0569. The summed E-state index contributed by atoms with van der Waals surface area (Å²) in [6.45, 7) is 6.79. The van der Waals surface area contributed by atoms with Crippen LogP contribution in [0.5, 0.6) is 0 Å². The molecule has 0 radical (unpaired) electrons.